The first kappa shape index (κ1) is 30.4. The Balaban J connectivity index is 0. The molecule has 2 unspecified atom stereocenters. The van der Waals surface area contributed by atoms with Crippen LogP contribution in [-0.4, -0.2) is 44.4 Å². The van der Waals surface area contributed by atoms with Crippen molar-refractivity contribution in [3.63, 3.8) is 0 Å². The first-order valence-electron chi connectivity index (χ1n) is 7.62. The predicted octanol–water partition coefficient (Wildman–Crippen LogP) is -4.24. The third kappa shape index (κ3) is 12.7. The van der Waals surface area contributed by atoms with Gasteiger partial charge in [0.1, 0.15) is 11.5 Å². The van der Waals surface area contributed by atoms with Crippen LogP contribution in [0.15, 0.2) is 48.5 Å². The fraction of sp³-hybridized carbons (Fsp3) is 0.222. The molecule has 2 atom stereocenters. The van der Waals surface area contributed by atoms with E-state index in [1.54, 1.807) is 24.3 Å². The Kier molecular flexibility index (Phi) is 17.3. The van der Waals surface area contributed by atoms with Gasteiger partial charge >= 0.3 is 103 Å². The molecule has 10 heteroatoms. The van der Waals surface area contributed by atoms with Gasteiger partial charge in [0.25, 0.3) is 0 Å². The Labute approximate surface area is 248 Å². The molecular weight excluding hydrogens is 418 g/mol. The minimum Gasteiger partial charge on any atom is -0.666 e. The van der Waals surface area contributed by atoms with Crippen LogP contribution in [-0.2, 0) is 22.4 Å². The van der Waals surface area contributed by atoms with Gasteiger partial charge in [-0.25, -0.2) is 0 Å². The number of aliphatic hydroxyl groups is 2. The van der Waals surface area contributed by atoms with Crippen LogP contribution in [0.25, 0.3) is 11.5 Å². The molecule has 2 amide bonds. The largest absolute Gasteiger partial charge is 1.00 e. The van der Waals surface area contributed by atoms with Gasteiger partial charge in [0, 0.05) is 12.8 Å². The molecule has 6 N–H and O–H groups in total. The fourth-order valence-electron chi connectivity index (χ4n) is 1.90. The van der Waals surface area contributed by atoms with E-state index in [4.69, 9.17) is 31.9 Å². The molecule has 0 saturated carbocycles. The molecule has 28 heavy (non-hydrogen) atoms. The van der Waals surface area contributed by atoms with E-state index in [0.717, 1.165) is 0 Å². The maximum atomic E-state index is 10.4. The summed E-state index contributed by atoms with van der Waals surface area (Å²) in [6.45, 7) is 0. The predicted molar refractivity (Wildman–Crippen MR) is 94.3 cm³/mol. The summed E-state index contributed by atoms with van der Waals surface area (Å²) in [4.78, 5) is 20.8. The quantitative estimate of drug-likeness (QED) is 0.334. The van der Waals surface area contributed by atoms with E-state index in [9.17, 15) is 9.59 Å². The summed E-state index contributed by atoms with van der Waals surface area (Å²) in [7, 11) is 0. The topological polar surface area (TPSA) is 163 Å². The Morgan fingerprint density at radius 2 is 0.929 bits per heavy atom. The van der Waals surface area contributed by atoms with E-state index < -0.39 is 24.0 Å². The van der Waals surface area contributed by atoms with Crippen molar-refractivity contribution < 1.29 is 133 Å². The second-order valence-corrected chi connectivity index (χ2v) is 5.50. The van der Waals surface area contributed by atoms with Crippen molar-refractivity contribution >= 4 is 11.8 Å². The molecule has 0 saturated heterocycles. The van der Waals surface area contributed by atoms with Crippen LogP contribution in [0.4, 0.5) is 0 Å². The first-order valence-corrected chi connectivity index (χ1v) is 7.62. The minimum atomic E-state index is -1.27. The van der Waals surface area contributed by atoms with Crippen molar-refractivity contribution in [2.75, 3.05) is 0 Å². The van der Waals surface area contributed by atoms with Crippen molar-refractivity contribution in [2.24, 2.45) is 0 Å². The van der Waals surface area contributed by atoms with E-state index in [-0.39, 0.29) is 127 Å². The second-order valence-electron chi connectivity index (χ2n) is 5.50. The molecule has 2 aromatic carbocycles. The van der Waals surface area contributed by atoms with Crippen LogP contribution in [0, 0.1) is 0 Å². The van der Waals surface area contributed by atoms with Crippen molar-refractivity contribution in [2.45, 2.75) is 25.0 Å². The summed E-state index contributed by atoms with van der Waals surface area (Å²) in [5.74, 6) is -1.72. The third-order valence-electron chi connectivity index (χ3n) is 3.34. The average molecular weight is 439 g/mol. The molecule has 0 heterocycles. The maximum Gasteiger partial charge on any atom is 1.00 e. The second kappa shape index (κ2) is 15.9. The van der Waals surface area contributed by atoms with Gasteiger partial charge in [-0.2, -0.15) is 0 Å². The van der Waals surface area contributed by atoms with Crippen molar-refractivity contribution in [1.82, 2.24) is 0 Å². The molecule has 140 valence electrons. The van der Waals surface area contributed by atoms with Gasteiger partial charge in [-0.05, 0) is 35.4 Å². The van der Waals surface area contributed by atoms with Crippen LogP contribution >= 0.6 is 0 Å². The number of rotatable bonds is 6. The minimum absolute atomic E-state index is 0. The summed E-state index contributed by atoms with van der Waals surface area (Å²) in [6, 6.07) is 12.3. The van der Waals surface area contributed by atoms with Crippen molar-refractivity contribution in [3.8, 4) is 11.5 Å². The number of hydrogen-bond donors (Lipinski definition) is 4. The average Bonchev–Trinajstić information content (AvgIpc) is 2.59. The molecule has 0 aliphatic carbocycles. The fourth-order valence-corrected chi connectivity index (χ4v) is 1.90. The Bertz CT molecular complexity index is 662. The molecule has 8 nitrogen and oxygen atoms in total. The molecule has 0 aliphatic heterocycles. The van der Waals surface area contributed by atoms with Crippen molar-refractivity contribution in [3.05, 3.63) is 71.1 Å². The number of benzene rings is 2. The summed E-state index contributed by atoms with van der Waals surface area (Å²) in [5.41, 5.74) is 14.7. The molecule has 2 rings (SSSR count). The smallest absolute Gasteiger partial charge is 0.666 e. The number of carbonyl (C=O) groups is 2. The Hall–Kier alpha value is 0.173. The first-order chi connectivity index (χ1) is 12.2. The molecule has 0 fully saturated rings. The van der Waals surface area contributed by atoms with Gasteiger partial charge in [0.15, 0.2) is 0 Å². The van der Waals surface area contributed by atoms with Crippen molar-refractivity contribution in [1.29, 1.82) is 0 Å². The molecule has 0 radical (unpaired) electrons. The normalized spacial score (nSPS) is 11.5. The monoisotopic (exact) mass is 438 g/mol. The third-order valence-corrected chi connectivity index (χ3v) is 3.34. The van der Waals surface area contributed by atoms with Gasteiger partial charge in [-0.15, -0.1) is 0 Å². The number of phenols is 2. The zero-order chi connectivity index (χ0) is 19.7. The van der Waals surface area contributed by atoms with Gasteiger partial charge in [-0.3, -0.25) is 0 Å². The van der Waals surface area contributed by atoms with Gasteiger partial charge in [-0.1, -0.05) is 24.3 Å². The van der Waals surface area contributed by atoms with Gasteiger partial charge < -0.3 is 41.5 Å². The standard InChI is InChI=1S/2C9H11NO3.2K/c2*10-9(13)8(12)5-6-1-3-7(11)4-2-6;;/h2*1-4,8,12H,5H2,(H3,10,11,13);;/q;;2*+1/p-2. The zero-order valence-electron chi connectivity index (χ0n) is 15.8. The number of nitrogens with one attached hydrogen (secondary N) is 2. The van der Waals surface area contributed by atoms with E-state index in [1.807, 2.05) is 0 Å². The van der Waals surface area contributed by atoms with E-state index >= 15 is 0 Å². The molecule has 0 bridgehead atoms. The molecule has 0 aromatic heterocycles. The summed E-state index contributed by atoms with van der Waals surface area (Å²) >= 11 is 0. The van der Waals surface area contributed by atoms with Crippen LogP contribution < -0.4 is 103 Å². The molecule has 0 aliphatic rings. The number of amides is 2. The summed E-state index contributed by atoms with van der Waals surface area (Å²) in [5, 5.41) is 36.0. The molecule has 0 spiro atoms. The van der Waals surface area contributed by atoms with Crippen LogP contribution in [0.1, 0.15) is 11.1 Å². The van der Waals surface area contributed by atoms with Crippen LogP contribution in [0.3, 0.4) is 0 Å². The number of hydrogen-bond acceptors (Lipinski definition) is 6. The van der Waals surface area contributed by atoms with E-state index in [2.05, 4.69) is 0 Å². The number of aliphatic hydroxyl groups excluding tert-OH is 2. The van der Waals surface area contributed by atoms with Crippen LogP contribution in [0.2, 0.25) is 0 Å². The summed E-state index contributed by atoms with van der Waals surface area (Å²) < 4.78 is 0. The zero-order valence-corrected chi connectivity index (χ0v) is 22.0. The molecular formula is C18H20K2N2O6. The van der Waals surface area contributed by atoms with E-state index in [1.165, 1.54) is 24.3 Å². The number of phenolic OH excluding ortho intramolecular Hbond substituents is 2. The number of aromatic hydroxyl groups is 2. The van der Waals surface area contributed by atoms with Gasteiger partial charge in [0.05, 0.1) is 24.0 Å². The van der Waals surface area contributed by atoms with Gasteiger partial charge in [0.2, 0.25) is 0 Å². The van der Waals surface area contributed by atoms with E-state index in [0.29, 0.717) is 11.1 Å². The number of carbonyl (C=O) groups excluding carboxylic acids is 2. The molecule has 2 aromatic rings. The van der Waals surface area contributed by atoms with Crippen LogP contribution in [0.5, 0.6) is 11.5 Å². The maximum absolute atomic E-state index is 10.4. The Morgan fingerprint density at radius 1 is 0.679 bits per heavy atom. The SMILES string of the molecule is [K+].[K+].[NH-]C(=O)C(O)Cc1ccc(O)cc1.[NH-]C(=O)C(O)Cc1ccc(O)cc1. The Morgan fingerprint density at radius 3 is 1.14 bits per heavy atom. The summed E-state index contributed by atoms with van der Waals surface area (Å²) in [6.07, 6.45) is -2.32.